The average Bonchev–Trinajstić information content (AvgIpc) is 2.98. The Kier molecular flexibility index (Phi) is 6.01. The molecular formula is C17H28N2O2S. The van der Waals surface area contributed by atoms with Crippen LogP contribution >= 0.6 is 0 Å². The zero-order chi connectivity index (χ0) is 16.2. The minimum absolute atomic E-state index is 0.207. The SMILES string of the molecule is CCC(CC)CS(=O)(=O)N1C[C@@H](CN)[C@H](c2ccccc2)C1. The molecule has 22 heavy (non-hydrogen) atoms. The van der Waals surface area contributed by atoms with E-state index in [9.17, 15) is 8.42 Å². The molecule has 0 aliphatic carbocycles. The summed E-state index contributed by atoms with van der Waals surface area (Å²) in [5.41, 5.74) is 7.09. The van der Waals surface area contributed by atoms with Crippen LogP contribution in [0.25, 0.3) is 0 Å². The zero-order valence-corrected chi connectivity index (χ0v) is 14.4. The van der Waals surface area contributed by atoms with Crippen molar-refractivity contribution in [2.75, 3.05) is 25.4 Å². The Morgan fingerprint density at radius 3 is 2.36 bits per heavy atom. The Morgan fingerprint density at radius 2 is 1.82 bits per heavy atom. The number of sulfonamides is 1. The summed E-state index contributed by atoms with van der Waals surface area (Å²) in [6.07, 6.45) is 1.82. The predicted octanol–water partition coefficient (Wildman–Crippen LogP) is 2.43. The van der Waals surface area contributed by atoms with E-state index in [1.165, 1.54) is 5.56 Å². The van der Waals surface area contributed by atoms with Crippen molar-refractivity contribution < 1.29 is 8.42 Å². The third-order valence-corrected chi connectivity index (χ3v) is 6.91. The van der Waals surface area contributed by atoms with Crippen LogP contribution in [0.15, 0.2) is 30.3 Å². The molecule has 1 fully saturated rings. The molecule has 0 spiro atoms. The Hall–Kier alpha value is -0.910. The highest BCUT2D eigenvalue weighted by Gasteiger charge is 2.39. The molecule has 4 nitrogen and oxygen atoms in total. The van der Waals surface area contributed by atoms with Gasteiger partial charge in [-0.3, -0.25) is 0 Å². The van der Waals surface area contributed by atoms with Gasteiger partial charge in [-0.1, -0.05) is 57.0 Å². The Balaban J connectivity index is 2.14. The minimum atomic E-state index is -3.19. The van der Waals surface area contributed by atoms with Gasteiger partial charge in [-0.05, 0) is 23.9 Å². The lowest BCUT2D eigenvalue weighted by Crippen LogP contribution is -2.34. The molecule has 0 bridgehead atoms. The van der Waals surface area contributed by atoms with Crippen LogP contribution in [-0.4, -0.2) is 38.1 Å². The highest BCUT2D eigenvalue weighted by molar-refractivity contribution is 7.89. The molecule has 1 aromatic carbocycles. The van der Waals surface area contributed by atoms with Crippen LogP contribution in [0.2, 0.25) is 0 Å². The maximum Gasteiger partial charge on any atom is 0.214 e. The number of benzene rings is 1. The van der Waals surface area contributed by atoms with E-state index in [2.05, 4.69) is 26.0 Å². The van der Waals surface area contributed by atoms with Crippen LogP contribution in [0.4, 0.5) is 0 Å². The smallest absolute Gasteiger partial charge is 0.214 e. The fourth-order valence-corrected chi connectivity index (χ4v) is 5.39. The first-order valence-electron chi connectivity index (χ1n) is 8.24. The first-order chi connectivity index (χ1) is 10.5. The zero-order valence-electron chi connectivity index (χ0n) is 13.6. The second kappa shape index (κ2) is 7.57. The van der Waals surface area contributed by atoms with Crippen molar-refractivity contribution in [3.8, 4) is 0 Å². The van der Waals surface area contributed by atoms with Crippen molar-refractivity contribution in [2.24, 2.45) is 17.6 Å². The summed E-state index contributed by atoms with van der Waals surface area (Å²) in [6.45, 7) is 5.76. The van der Waals surface area contributed by atoms with Crippen molar-refractivity contribution >= 4 is 10.0 Å². The van der Waals surface area contributed by atoms with E-state index in [0.29, 0.717) is 19.6 Å². The molecule has 0 amide bonds. The van der Waals surface area contributed by atoms with Gasteiger partial charge >= 0.3 is 0 Å². The first kappa shape index (κ1) is 17.4. The lowest BCUT2D eigenvalue weighted by molar-refractivity contribution is 0.441. The van der Waals surface area contributed by atoms with Gasteiger partial charge in [0.1, 0.15) is 0 Å². The van der Waals surface area contributed by atoms with Gasteiger partial charge in [-0.25, -0.2) is 12.7 Å². The molecule has 0 unspecified atom stereocenters. The Morgan fingerprint density at radius 1 is 1.18 bits per heavy atom. The molecule has 0 aromatic heterocycles. The van der Waals surface area contributed by atoms with Crippen molar-refractivity contribution in [1.29, 1.82) is 0 Å². The molecule has 1 aromatic rings. The quantitative estimate of drug-likeness (QED) is 0.838. The van der Waals surface area contributed by atoms with E-state index in [-0.39, 0.29) is 23.5 Å². The van der Waals surface area contributed by atoms with Crippen LogP contribution in [-0.2, 0) is 10.0 Å². The molecule has 1 aliphatic heterocycles. The van der Waals surface area contributed by atoms with Gasteiger partial charge in [0.2, 0.25) is 10.0 Å². The molecule has 1 aliphatic rings. The number of rotatable bonds is 7. The highest BCUT2D eigenvalue weighted by Crippen LogP contribution is 2.34. The molecule has 1 heterocycles. The maximum absolute atomic E-state index is 12.7. The highest BCUT2D eigenvalue weighted by atomic mass is 32.2. The summed E-state index contributed by atoms with van der Waals surface area (Å²) < 4.78 is 27.0. The van der Waals surface area contributed by atoms with Gasteiger partial charge < -0.3 is 5.73 Å². The van der Waals surface area contributed by atoms with Gasteiger partial charge in [-0.2, -0.15) is 0 Å². The van der Waals surface area contributed by atoms with Gasteiger partial charge in [0.05, 0.1) is 5.75 Å². The normalized spacial score (nSPS) is 23.3. The van der Waals surface area contributed by atoms with E-state index in [0.717, 1.165) is 12.8 Å². The second-order valence-electron chi connectivity index (χ2n) is 6.29. The molecule has 1 saturated heterocycles. The number of hydrogen-bond donors (Lipinski definition) is 1. The van der Waals surface area contributed by atoms with Crippen LogP contribution in [0.5, 0.6) is 0 Å². The van der Waals surface area contributed by atoms with Crippen LogP contribution < -0.4 is 5.73 Å². The topological polar surface area (TPSA) is 63.4 Å². The largest absolute Gasteiger partial charge is 0.330 e. The summed E-state index contributed by atoms with van der Waals surface area (Å²) in [6, 6.07) is 10.1. The lowest BCUT2D eigenvalue weighted by Gasteiger charge is -2.20. The molecule has 5 heteroatoms. The van der Waals surface area contributed by atoms with Crippen molar-refractivity contribution in [1.82, 2.24) is 4.31 Å². The number of nitrogens with zero attached hydrogens (tertiary/aromatic N) is 1. The molecule has 2 N–H and O–H groups in total. The third kappa shape index (κ3) is 3.89. The second-order valence-corrected chi connectivity index (χ2v) is 8.30. The van der Waals surface area contributed by atoms with Crippen molar-refractivity contribution in [2.45, 2.75) is 32.6 Å². The number of nitrogens with two attached hydrogens (primary N) is 1. The standard InChI is InChI=1S/C17H28N2O2S/c1-3-14(4-2)13-22(20,21)19-11-16(10-18)17(12-19)15-8-6-5-7-9-15/h5-9,14,16-17H,3-4,10-13,18H2,1-2H3/t16-,17+/m1/s1. The first-order valence-corrected chi connectivity index (χ1v) is 9.85. The summed E-state index contributed by atoms with van der Waals surface area (Å²) in [7, 11) is -3.19. The molecular weight excluding hydrogens is 296 g/mol. The van der Waals surface area contributed by atoms with Gasteiger partial charge in [0.15, 0.2) is 0 Å². The molecule has 0 saturated carbocycles. The summed E-state index contributed by atoms with van der Waals surface area (Å²) in [5, 5.41) is 0. The average molecular weight is 324 g/mol. The summed E-state index contributed by atoms with van der Waals surface area (Å²) in [4.78, 5) is 0. The van der Waals surface area contributed by atoms with Crippen molar-refractivity contribution in [3.63, 3.8) is 0 Å². The third-order valence-electron chi connectivity index (χ3n) is 4.93. The van der Waals surface area contributed by atoms with Crippen LogP contribution in [0.1, 0.15) is 38.2 Å². The van der Waals surface area contributed by atoms with E-state index >= 15 is 0 Å². The van der Waals surface area contributed by atoms with Crippen molar-refractivity contribution in [3.05, 3.63) is 35.9 Å². The molecule has 2 rings (SSSR count). The maximum atomic E-state index is 12.7. The van der Waals surface area contributed by atoms with E-state index in [4.69, 9.17) is 5.73 Å². The predicted molar refractivity (Wildman–Crippen MR) is 91.2 cm³/mol. The van der Waals surface area contributed by atoms with Gasteiger partial charge in [-0.15, -0.1) is 0 Å². The lowest BCUT2D eigenvalue weighted by atomic mass is 9.89. The number of hydrogen-bond acceptors (Lipinski definition) is 3. The fourth-order valence-electron chi connectivity index (χ4n) is 3.30. The van der Waals surface area contributed by atoms with E-state index in [1.54, 1.807) is 4.31 Å². The van der Waals surface area contributed by atoms with Crippen LogP contribution in [0, 0.1) is 11.8 Å². The summed E-state index contributed by atoms with van der Waals surface area (Å²) >= 11 is 0. The van der Waals surface area contributed by atoms with Gasteiger partial charge in [0, 0.05) is 19.0 Å². The molecule has 2 atom stereocenters. The fraction of sp³-hybridized carbons (Fsp3) is 0.647. The minimum Gasteiger partial charge on any atom is -0.330 e. The van der Waals surface area contributed by atoms with E-state index in [1.807, 2.05) is 18.2 Å². The summed E-state index contributed by atoms with van der Waals surface area (Å²) in [5.74, 6) is 0.928. The van der Waals surface area contributed by atoms with E-state index < -0.39 is 10.0 Å². The molecule has 0 radical (unpaired) electrons. The van der Waals surface area contributed by atoms with Crippen LogP contribution in [0.3, 0.4) is 0 Å². The van der Waals surface area contributed by atoms with Gasteiger partial charge in [0.25, 0.3) is 0 Å². The molecule has 124 valence electrons. The Labute approximate surface area is 134 Å². The Bertz CT molecular complexity index is 555. The monoisotopic (exact) mass is 324 g/mol.